The zero-order chi connectivity index (χ0) is 15.7. The smallest absolute Gasteiger partial charge is 0.313 e. The van der Waals surface area contributed by atoms with Crippen LogP contribution >= 0.6 is 0 Å². The minimum Gasteiger partial charge on any atom is -0.497 e. The van der Waals surface area contributed by atoms with E-state index < -0.39 is 11.8 Å². The molecule has 0 fully saturated rings. The Bertz CT molecular complexity index is 474. The predicted molar refractivity (Wildman–Crippen MR) is 80.3 cm³/mol. The second-order valence-corrected chi connectivity index (χ2v) is 4.72. The van der Waals surface area contributed by atoms with Gasteiger partial charge in [-0.05, 0) is 32.4 Å². The van der Waals surface area contributed by atoms with Gasteiger partial charge in [0.25, 0.3) is 0 Å². The van der Waals surface area contributed by atoms with E-state index in [-0.39, 0.29) is 6.10 Å². The highest BCUT2D eigenvalue weighted by Gasteiger charge is 2.13. The fourth-order valence-corrected chi connectivity index (χ4v) is 1.56. The molecule has 2 N–H and O–H groups in total. The number of amides is 2. The molecule has 0 bridgehead atoms. The van der Waals surface area contributed by atoms with E-state index >= 15 is 0 Å². The fourth-order valence-electron chi connectivity index (χ4n) is 1.56. The van der Waals surface area contributed by atoms with E-state index in [1.165, 1.54) is 7.11 Å². The quantitative estimate of drug-likeness (QED) is 0.591. The lowest BCUT2D eigenvalue weighted by Crippen LogP contribution is -2.36. The third-order valence-electron chi connectivity index (χ3n) is 2.59. The molecule has 6 heteroatoms. The molecule has 0 aliphatic heterocycles. The lowest BCUT2D eigenvalue weighted by atomic mass is 10.3. The van der Waals surface area contributed by atoms with Crippen molar-refractivity contribution in [3.8, 4) is 5.75 Å². The molecule has 2 amide bonds. The van der Waals surface area contributed by atoms with Crippen LogP contribution in [-0.4, -0.2) is 38.2 Å². The number of carbonyl (C=O) groups is 2. The first-order valence-corrected chi connectivity index (χ1v) is 6.87. The van der Waals surface area contributed by atoms with Crippen molar-refractivity contribution in [2.75, 3.05) is 25.6 Å². The average Bonchev–Trinajstić information content (AvgIpc) is 2.46. The molecule has 1 aromatic rings. The van der Waals surface area contributed by atoms with Crippen LogP contribution < -0.4 is 15.4 Å². The summed E-state index contributed by atoms with van der Waals surface area (Å²) in [7, 11) is 1.53. The highest BCUT2D eigenvalue weighted by molar-refractivity contribution is 6.39. The molecular formula is C15H22N2O4. The molecule has 0 atom stereocenters. The SMILES string of the molecule is COc1cccc(NC(=O)C(=O)NCCCOC(C)C)c1. The Morgan fingerprint density at radius 2 is 2.00 bits per heavy atom. The summed E-state index contributed by atoms with van der Waals surface area (Å²) in [5.41, 5.74) is 0.512. The molecule has 0 aromatic heterocycles. The second kappa shape index (κ2) is 8.97. The van der Waals surface area contributed by atoms with E-state index in [2.05, 4.69) is 10.6 Å². The molecule has 1 rings (SSSR count). The van der Waals surface area contributed by atoms with Crippen molar-refractivity contribution in [3.05, 3.63) is 24.3 Å². The van der Waals surface area contributed by atoms with Gasteiger partial charge >= 0.3 is 11.8 Å². The van der Waals surface area contributed by atoms with Crippen molar-refractivity contribution >= 4 is 17.5 Å². The second-order valence-electron chi connectivity index (χ2n) is 4.72. The van der Waals surface area contributed by atoms with Crippen molar-refractivity contribution in [3.63, 3.8) is 0 Å². The van der Waals surface area contributed by atoms with Crippen LogP contribution in [0.1, 0.15) is 20.3 Å². The zero-order valence-electron chi connectivity index (χ0n) is 12.6. The van der Waals surface area contributed by atoms with Crippen LogP contribution in [0.4, 0.5) is 5.69 Å². The molecule has 0 radical (unpaired) electrons. The summed E-state index contributed by atoms with van der Waals surface area (Å²) in [4.78, 5) is 23.3. The molecule has 21 heavy (non-hydrogen) atoms. The summed E-state index contributed by atoms with van der Waals surface area (Å²) < 4.78 is 10.4. The topological polar surface area (TPSA) is 76.7 Å². The van der Waals surface area contributed by atoms with Gasteiger partial charge in [0, 0.05) is 24.9 Å². The van der Waals surface area contributed by atoms with Crippen LogP contribution in [0.15, 0.2) is 24.3 Å². The maximum atomic E-state index is 11.7. The molecule has 116 valence electrons. The van der Waals surface area contributed by atoms with E-state index in [1.54, 1.807) is 24.3 Å². The Morgan fingerprint density at radius 3 is 2.67 bits per heavy atom. The van der Waals surface area contributed by atoms with E-state index in [1.807, 2.05) is 13.8 Å². The lowest BCUT2D eigenvalue weighted by molar-refractivity contribution is -0.136. The van der Waals surface area contributed by atoms with Crippen molar-refractivity contribution in [2.45, 2.75) is 26.4 Å². The largest absolute Gasteiger partial charge is 0.497 e. The van der Waals surface area contributed by atoms with Crippen LogP contribution in [0.5, 0.6) is 5.75 Å². The van der Waals surface area contributed by atoms with Gasteiger partial charge in [-0.2, -0.15) is 0 Å². The van der Waals surface area contributed by atoms with Crippen LogP contribution in [0.25, 0.3) is 0 Å². The van der Waals surface area contributed by atoms with Crippen molar-refractivity contribution in [1.29, 1.82) is 0 Å². The van der Waals surface area contributed by atoms with Gasteiger partial charge in [0.05, 0.1) is 13.2 Å². The fraction of sp³-hybridized carbons (Fsp3) is 0.467. The summed E-state index contributed by atoms with van der Waals surface area (Å²) in [5.74, 6) is -0.755. The normalized spacial score (nSPS) is 10.3. The van der Waals surface area contributed by atoms with Gasteiger partial charge in [0.2, 0.25) is 0 Å². The average molecular weight is 294 g/mol. The van der Waals surface area contributed by atoms with E-state index in [0.29, 0.717) is 31.0 Å². The van der Waals surface area contributed by atoms with Crippen molar-refractivity contribution in [2.24, 2.45) is 0 Å². The Labute approximate surface area is 124 Å². The van der Waals surface area contributed by atoms with Gasteiger partial charge in [0.15, 0.2) is 0 Å². The summed E-state index contributed by atoms with van der Waals surface area (Å²) in [6.07, 6.45) is 0.827. The molecular weight excluding hydrogens is 272 g/mol. The van der Waals surface area contributed by atoms with Crippen LogP contribution in [-0.2, 0) is 14.3 Å². The summed E-state index contributed by atoms with van der Waals surface area (Å²) >= 11 is 0. The van der Waals surface area contributed by atoms with Gasteiger partial charge in [-0.15, -0.1) is 0 Å². The van der Waals surface area contributed by atoms with Crippen molar-refractivity contribution < 1.29 is 19.1 Å². The van der Waals surface area contributed by atoms with Gasteiger partial charge in [-0.3, -0.25) is 9.59 Å². The van der Waals surface area contributed by atoms with Gasteiger partial charge in [0.1, 0.15) is 5.75 Å². The number of benzene rings is 1. The number of carbonyl (C=O) groups excluding carboxylic acids is 2. The summed E-state index contributed by atoms with van der Waals surface area (Å²) in [6.45, 7) is 4.84. The minimum atomic E-state index is -0.701. The molecule has 0 aliphatic rings. The maximum absolute atomic E-state index is 11.7. The first kappa shape index (κ1) is 17.0. The van der Waals surface area contributed by atoms with Gasteiger partial charge in [-0.25, -0.2) is 0 Å². The van der Waals surface area contributed by atoms with E-state index in [9.17, 15) is 9.59 Å². The monoisotopic (exact) mass is 294 g/mol. The van der Waals surface area contributed by atoms with Crippen LogP contribution in [0.3, 0.4) is 0 Å². The molecule has 0 spiro atoms. The third kappa shape index (κ3) is 6.76. The molecule has 0 saturated carbocycles. The van der Waals surface area contributed by atoms with Crippen LogP contribution in [0, 0.1) is 0 Å². The molecule has 1 aromatic carbocycles. The number of ether oxygens (including phenoxy) is 2. The summed E-state index contributed by atoms with van der Waals surface area (Å²) in [6, 6.07) is 6.81. The van der Waals surface area contributed by atoms with E-state index in [4.69, 9.17) is 9.47 Å². The standard InChI is InChI=1S/C15H22N2O4/c1-11(2)21-9-5-8-16-14(18)15(19)17-12-6-4-7-13(10-12)20-3/h4,6-7,10-11H,5,8-9H2,1-3H3,(H,16,18)(H,17,19). The molecule has 0 unspecified atom stereocenters. The van der Waals surface area contributed by atoms with Gasteiger partial charge < -0.3 is 20.1 Å². The maximum Gasteiger partial charge on any atom is 0.313 e. The highest BCUT2D eigenvalue weighted by atomic mass is 16.5. The molecule has 0 heterocycles. The Hall–Kier alpha value is -2.08. The van der Waals surface area contributed by atoms with Crippen LogP contribution in [0.2, 0.25) is 0 Å². The minimum absolute atomic E-state index is 0.164. The number of hydrogen-bond donors (Lipinski definition) is 2. The summed E-state index contributed by atoms with van der Waals surface area (Å²) in [5, 5.41) is 5.06. The number of nitrogens with one attached hydrogen (secondary N) is 2. The molecule has 6 nitrogen and oxygen atoms in total. The zero-order valence-corrected chi connectivity index (χ0v) is 12.6. The first-order chi connectivity index (χ1) is 10.0. The Morgan fingerprint density at radius 1 is 1.24 bits per heavy atom. The van der Waals surface area contributed by atoms with Crippen molar-refractivity contribution in [1.82, 2.24) is 5.32 Å². The number of rotatable bonds is 7. The Balaban J connectivity index is 2.32. The number of methoxy groups -OCH3 is 1. The number of hydrogen-bond acceptors (Lipinski definition) is 4. The highest BCUT2D eigenvalue weighted by Crippen LogP contribution is 2.16. The Kier molecular flexibility index (Phi) is 7.25. The lowest BCUT2D eigenvalue weighted by Gasteiger charge is -2.09. The first-order valence-electron chi connectivity index (χ1n) is 6.87. The van der Waals surface area contributed by atoms with E-state index in [0.717, 1.165) is 0 Å². The van der Waals surface area contributed by atoms with Gasteiger partial charge in [-0.1, -0.05) is 6.07 Å². The predicted octanol–water partition coefficient (Wildman–Crippen LogP) is 1.56. The number of anilines is 1. The molecule has 0 aliphatic carbocycles. The molecule has 0 saturated heterocycles. The third-order valence-corrected chi connectivity index (χ3v) is 2.59.